The third-order valence-electron chi connectivity index (χ3n) is 2.80. The molecular weight excluding hydrogens is 224 g/mol. The van der Waals surface area contributed by atoms with Crippen molar-refractivity contribution >= 4 is 5.82 Å². The first-order valence-electron chi connectivity index (χ1n) is 6.09. The maximum atomic E-state index is 5.95. The molecule has 4 heteroatoms. The van der Waals surface area contributed by atoms with Crippen molar-refractivity contribution in [3.05, 3.63) is 53.5 Å². The number of aromatic nitrogens is 2. The van der Waals surface area contributed by atoms with E-state index in [1.807, 2.05) is 37.3 Å². The van der Waals surface area contributed by atoms with Gasteiger partial charge >= 0.3 is 0 Å². The monoisotopic (exact) mass is 242 g/mol. The van der Waals surface area contributed by atoms with Gasteiger partial charge in [0.1, 0.15) is 5.82 Å². The fourth-order valence-corrected chi connectivity index (χ4v) is 1.98. The number of nitrogens with one attached hydrogen (secondary N) is 1. The number of rotatable bonds is 4. The van der Waals surface area contributed by atoms with Gasteiger partial charge in [0.05, 0.1) is 11.7 Å². The first kappa shape index (κ1) is 12.5. The fraction of sp³-hybridized carbons (Fsp3) is 0.286. The summed E-state index contributed by atoms with van der Waals surface area (Å²) in [6.07, 6.45) is 1.70. The number of anilines is 1. The lowest BCUT2D eigenvalue weighted by atomic mass is 10.0. The van der Waals surface area contributed by atoms with Gasteiger partial charge in [-0.3, -0.25) is 4.98 Å². The Kier molecular flexibility index (Phi) is 3.89. The summed E-state index contributed by atoms with van der Waals surface area (Å²) in [5.41, 5.74) is 8.89. The second kappa shape index (κ2) is 5.60. The molecule has 0 aliphatic rings. The van der Waals surface area contributed by atoms with Gasteiger partial charge in [0.15, 0.2) is 0 Å². The molecule has 0 saturated heterocycles. The van der Waals surface area contributed by atoms with Gasteiger partial charge in [-0.15, -0.1) is 0 Å². The van der Waals surface area contributed by atoms with Gasteiger partial charge in [0.2, 0.25) is 0 Å². The fourth-order valence-electron chi connectivity index (χ4n) is 1.98. The third kappa shape index (κ3) is 2.65. The SMILES string of the molecule is CCNC(c1cccc(C)n1)c1cccnc1N. The van der Waals surface area contributed by atoms with Crippen molar-refractivity contribution in [2.45, 2.75) is 19.9 Å². The highest BCUT2D eigenvalue weighted by Crippen LogP contribution is 2.23. The van der Waals surface area contributed by atoms with Crippen LogP contribution >= 0.6 is 0 Å². The minimum Gasteiger partial charge on any atom is -0.383 e. The molecule has 2 heterocycles. The van der Waals surface area contributed by atoms with E-state index in [9.17, 15) is 0 Å². The lowest BCUT2D eigenvalue weighted by Crippen LogP contribution is -2.24. The number of nitrogens with zero attached hydrogens (tertiary/aromatic N) is 2. The standard InChI is InChI=1S/C14H18N4/c1-3-16-13(11-7-5-9-17-14(11)15)12-8-4-6-10(2)18-12/h4-9,13,16H,3H2,1-2H3,(H2,15,17). The molecule has 2 aromatic rings. The van der Waals surface area contributed by atoms with Crippen LogP contribution in [0.25, 0.3) is 0 Å². The second-order valence-electron chi connectivity index (χ2n) is 4.17. The molecule has 4 nitrogen and oxygen atoms in total. The van der Waals surface area contributed by atoms with Gasteiger partial charge in [-0.2, -0.15) is 0 Å². The zero-order valence-corrected chi connectivity index (χ0v) is 10.7. The predicted molar refractivity (Wildman–Crippen MR) is 73.1 cm³/mol. The van der Waals surface area contributed by atoms with Crippen LogP contribution in [0.4, 0.5) is 5.82 Å². The molecule has 2 rings (SSSR count). The highest BCUT2D eigenvalue weighted by atomic mass is 15.0. The van der Waals surface area contributed by atoms with Crippen molar-refractivity contribution in [1.82, 2.24) is 15.3 Å². The van der Waals surface area contributed by atoms with Crippen molar-refractivity contribution in [1.29, 1.82) is 0 Å². The Morgan fingerprint density at radius 3 is 2.78 bits per heavy atom. The van der Waals surface area contributed by atoms with Gasteiger partial charge in [-0.25, -0.2) is 4.98 Å². The van der Waals surface area contributed by atoms with Crippen LogP contribution in [0, 0.1) is 6.92 Å². The summed E-state index contributed by atoms with van der Waals surface area (Å²) in [5, 5.41) is 3.40. The van der Waals surface area contributed by atoms with Crippen LogP contribution in [0.15, 0.2) is 36.5 Å². The zero-order valence-electron chi connectivity index (χ0n) is 10.7. The Hall–Kier alpha value is -1.94. The highest BCUT2D eigenvalue weighted by Gasteiger charge is 2.17. The molecule has 0 aromatic carbocycles. The Bertz CT molecular complexity index is 525. The van der Waals surface area contributed by atoms with Gasteiger partial charge in [-0.05, 0) is 31.7 Å². The summed E-state index contributed by atoms with van der Waals surface area (Å²) in [5.74, 6) is 0.548. The molecule has 0 saturated carbocycles. The quantitative estimate of drug-likeness (QED) is 0.861. The van der Waals surface area contributed by atoms with Crippen LogP contribution in [0.2, 0.25) is 0 Å². The van der Waals surface area contributed by atoms with Crippen LogP contribution in [0.3, 0.4) is 0 Å². The number of hydrogen-bond donors (Lipinski definition) is 2. The lowest BCUT2D eigenvalue weighted by Gasteiger charge is -2.19. The molecule has 0 fully saturated rings. The minimum absolute atomic E-state index is 0.0106. The maximum absolute atomic E-state index is 5.95. The van der Waals surface area contributed by atoms with E-state index in [1.165, 1.54) is 0 Å². The Labute approximate surface area is 107 Å². The summed E-state index contributed by atoms with van der Waals surface area (Å²) < 4.78 is 0. The van der Waals surface area contributed by atoms with Crippen molar-refractivity contribution in [2.75, 3.05) is 12.3 Å². The molecule has 0 radical (unpaired) electrons. The van der Waals surface area contributed by atoms with Crippen molar-refractivity contribution in [3.63, 3.8) is 0 Å². The van der Waals surface area contributed by atoms with Gasteiger partial charge < -0.3 is 11.1 Å². The molecule has 0 bridgehead atoms. The van der Waals surface area contributed by atoms with Gasteiger partial charge in [0.25, 0.3) is 0 Å². The van der Waals surface area contributed by atoms with Crippen LogP contribution in [-0.4, -0.2) is 16.5 Å². The lowest BCUT2D eigenvalue weighted by molar-refractivity contribution is 0.614. The highest BCUT2D eigenvalue weighted by molar-refractivity contribution is 5.44. The Morgan fingerprint density at radius 2 is 2.11 bits per heavy atom. The Balaban J connectivity index is 2.43. The maximum Gasteiger partial charge on any atom is 0.128 e. The average molecular weight is 242 g/mol. The van der Waals surface area contributed by atoms with Gasteiger partial charge in [-0.1, -0.05) is 19.1 Å². The zero-order chi connectivity index (χ0) is 13.0. The number of pyridine rings is 2. The van der Waals surface area contributed by atoms with E-state index in [0.29, 0.717) is 5.82 Å². The normalized spacial score (nSPS) is 12.3. The topological polar surface area (TPSA) is 63.8 Å². The van der Waals surface area contributed by atoms with Crippen LogP contribution in [0.5, 0.6) is 0 Å². The number of hydrogen-bond acceptors (Lipinski definition) is 4. The minimum atomic E-state index is -0.0106. The average Bonchev–Trinajstić information content (AvgIpc) is 2.37. The molecular formula is C14H18N4. The van der Waals surface area contributed by atoms with E-state index in [2.05, 4.69) is 22.2 Å². The summed E-state index contributed by atoms with van der Waals surface area (Å²) >= 11 is 0. The smallest absolute Gasteiger partial charge is 0.128 e. The van der Waals surface area contributed by atoms with Crippen LogP contribution in [-0.2, 0) is 0 Å². The van der Waals surface area contributed by atoms with Crippen LogP contribution in [0.1, 0.15) is 29.9 Å². The molecule has 18 heavy (non-hydrogen) atoms. The number of nitrogen functional groups attached to an aromatic ring is 1. The summed E-state index contributed by atoms with van der Waals surface area (Å²) in [7, 11) is 0. The molecule has 0 spiro atoms. The molecule has 2 aromatic heterocycles. The third-order valence-corrected chi connectivity index (χ3v) is 2.80. The molecule has 1 unspecified atom stereocenters. The van der Waals surface area contributed by atoms with Crippen LogP contribution < -0.4 is 11.1 Å². The number of aryl methyl sites for hydroxylation is 1. The molecule has 1 atom stereocenters. The summed E-state index contributed by atoms with van der Waals surface area (Å²) in [6.45, 7) is 4.89. The van der Waals surface area contributed by atoms with Crippen molar-refractivity contribution in [2.24, 2.45) is 0 Å². The van der Waals surface area contributed by atoms with Crippen molar-refractivity contribution in [3.8, 4) is 0 Å². The molecule has 0 aliphatic heterocycles. The molecule has 94 valence electrons. The first-order valence-corrected chi connectivity index (χ1v) is 6.09. The Morgan fingerprint density at radius 1 is 1.28 bits per heavy atom. The summed E-state index contributed by atoms with van der Waals surface area (Å²) in [4.78, 5) is 8.70. The predicted octanol–water partition coefficient (Wildman–Crippen LogP) is 2.07. The second-order valence-corrected chi connectivity index (χ2v) is 4.17. The van der Waals surface area contributed by atoms with Crippen molar-refractivity contribution < 1.29 is 0 Å². The summed E-state index contributed by atoms with van der Waals surface area (Å²) in [6, 6.07) is 9.87. The number of nitrogens with two attached hydrogens (primary N) is 1. The molecule has 0 aliphatic carbocycles. The largest absolute Gasteiger partial charge is 0.383 e. The van der Waals surface area contributed by atoms with E-state index in [-0.39, 0.29) is 6.04 Å². The van der Waals surface area contributed by atoms with E-state index >= 15 is 0 Å². The first-order chi connectivity index (χ1) is 8.72. The van der Waals surface area contributed by atoms with Gasteiger partial charge in [0, 0.05) is 17.5 Å². The molecule has 3 N–H and O–H groups in total. The molecule has 0 amide bonds. The van der Waals surface area contributed by atoms with E-state index in [4.69, 9.17) is 5.73 Å². The van der Waals surface area contributed by atoms with E-state index < -0.39 is 0 Å². The van der Waals surface area contributed by atoms with E-state index in [0.717, 1.165) is 23.5 Å². The van der Waals surface area contributed by atoms with E-state index in [1.54, 1.807) is 6.20 Å².